The molecule has 1 heterocycles. The molecule has 0 spiro atoms. The van der Waals surface area contributed by atoms with Crippen LogP contribution in [0.5, 0.6) is 0 Å². The van der Waals surface area contributed by atoms with E-state index in [0.717, 1.165) is 12.2 Å². The second kappa shape index (κ2) is 9.13. The molecule has 24 heavy (non-hydrogen) atoms. The van der Waals surface area contributed by atoms with Gasteiger partial charge in [-0.3, -0.25) is 0 Å². The maximum atomic E-state index is 11.4. The maximum Gasteiger partial charge on any atom is 0.514 e. The van der Waals surface area contributed by atoms with Gasteiger partial charge in [0, 0.05) is 24.6 Å². The second-order valence-corrected chi connectivity index (χ2v) is 4.71. The Hall–Kier alpha value is -3.10. The zero-order valence-corrected chi connectivity index (χ0v) is 13.4. The first-order valence-corrected chi connectivity index (χ1v) is 6.66. The molecule has 0 radical (unpaired) electrons. The highest BCUT2D eigenvalue weighted by atomic mass is 16.8. The molecule has 0 unspecified atom stereocenters. The van der Waals surface area contributed by atoms with Crippen molar-refractivity contribution >= 4 is 24.1 Å². The minimum absolute atomic E-state index is 0.108. The number of hydrogen-bond donors (Lipinski definition) is 2. The smallest absolute Gasteiger partial charge is 0.478 e. The van der Waals surface area contributed by atoms with E-state index in [2.05, 4.69) is 6.58 Å². The fraction of sp³-hybridized carbons (Fsp3) is 0.333. The Morgan fingerprint density at radius 1 is 1.21 bits per heavy atom. The van der Waals surface area contributed by atoms with Gasteiger partial charge in [-0.25, -0.2) is 19.2 Å². The summed E-state index contributed by atoms with van der Waals surface area (Å²) in [5.74, 6) is -2.89. The highest BCUT2D eigenvalue weighted by molar-refractivity contribution is 5.91. The number of hydrogen-bond acceptors (Lipinski definition) is 7. The third kappa shape index (κ3) is 7.25. The molecule has 1 rings (SSSR count). The van der Waals surface area contributed by atoms with E-state index in [1.165, 1.54) is 0 Å². The van der Waals surface area contributed by atoms with E-state index in [4.69, 9.17) is 24.4 Å². The first-order chi connectivity index (χ1) is 11.0. The average molecular weight is 342 g/mol. The summed E-state index contributed by atoms with van der Waals surface area (Å²) in [5, 5.41) is 16.0. The van der Waals surface area contributed by atoms with Crippen molar-refractivity contribution in [1.82, 2.24) is 0 Å². The third-order valence-electron chi connectivity index (χ3n) is 2.41. The molecule has 0 bridgehead atoms. The Balaban J connectivity index is 0.000000922. The number of esters is 1. The Kier molecular flexibility index (Phi) is 7.95. The molecule has 0 aromatic rings. The molecule has 132 valence electrons. The molecule has 9 nitrogen and oxygen atoms in total. The first-order valence-electron chi connectivity index (χ1n) is 6.66. The van der Waals surface area contributed by atoms with E-state index in [-0.39, 0.29) is 17.9 Å². The van der Waals surface area contributed by atoms with Crippen LogP contribution in [-0.2, 0) is 28.6 Å². The van der Waals surface area contributed by atoms with Gasteiger partial charge in [0.15, 0.2) is 17.1 Å². The van der Waals surface area contributed by atoms with Crippen LogP contribution in [-0.4, -0.2) is 39.9 Å². The van der Waals surface area contributed by atoms with Crippen LogP contribution in [0.2, 0.25) is 0 Å². The minimum atomic E-state index is -1.27. The number of ether oxygens (including phenoxy) is 3. The van der Waals surface area contributed by atoms with E-state index in [9.17, 15) is 19.2 Å². The van der Waals surface area contributed by atoms with E-state index in [1.807, 2.05) is 0 Å². The van der Waals surface area contributed by atoms with E-state index in [0.29, 0.717) is 6.08 Å². The maximum absolute atomic E-state index is 11.4. The molecule has 1 saturated heterocycles. The van der Waals surface area contributed by atoms with Gasteiger partial charge in [-0.15, -0.1) is 0 Å². The van der Waals surface area contributed by atoms with Crippen molar-refractivity contribution in [3.8, 4) is 0 Å². The average Bonchev–Trinajstić information content (AvgIpc) is 2.75. The molecule has 0 aliphatic carbocycles. The molecule has 2 N–H and O–H groups in total. The summed E-state index contributed by atoms with van der Waals surface area (Å²) in [7, 11) is 0. The Morgan fingerprint density at radius 3 is 2.08 bits per heavy atom. The summed E-state index contributed by atoms with van der Waals surface area (Å²) in [4.78, 5) is 42.0. The van der Waals surface area contributed by atoms with Gasteiger partial charge >= 0.3 is 24.1 Å². The Morgan fingerprint density at radius 2 is 1.75 bits per heavy atom. The lowest BCUT2D eigenvalue weighted by atomic mass is 10.1. The molecule has 0 aromatic heterocycles. The van der Waals surface area contributed by atoms with Crippen molar-refractivity contribution in [3.05, 3.63) is 36.3 Å². The van der Waals surface area contributed by atoms with Crippen LogP contribution in [0.25, 0.3) is 0 Å². The molecule has 9 heteroatoms. The van der Waals surface area contributed by atoms with Crippen molar-refractivity contribution in [2.24, 2.45) is 0 Å². The van der Waals surface area contributed by atoms with Gasteiger partial charge in [-0.05, 0) is 13.8 Å². The zero-order chi connectivity index (χ0) is 18.9. The van der Waals surface area contributed by atoms with Crippen LogP contribution in [0.4, 0.5) is 4.79 Å². The van der Waals surface area contributed by atoms with Crippen molar-refractivity contribution in [1.29, 1.82) is 0 Å². The van der Waals surface area contributed by atoms with Crippen LogP contribution >= 0.6 is 0 Å². The molecule has 0 amide bonds. The van der Waals surface area contributed by atoms with Crippen LogP contribution in [0, 0.1) is 0 Å². The molecule has 1 aliphatic rings. The molecule has 1 aliphatic heterocycles. The normalized spacial score (nSPS) is 17.0. The Labute approximate surface area is 137 Å². The predicted octanol–water partition coefficient (Wildman–Crippen LogP) is 1.99. The summed E-state index contributed by atoms with van der Waals surface area (Å²) in [5.41, 5.74) is -1.03. The van der Waals surface area contributed by atoms with Gasteiger partial charge < -0.3 is 24.4 Å². The lowest BCUT2D eigenvalue weighted by molar-refractivity contribution is -0.136. The number of carboxylic acid groups (broad SMARTS) is 2. The van der Waals surface area contributed by atoms with Crippen molar-refractivity contribution in [2.45, 2.75) is 32.8 Å². The summed E-state index contributed by atoms with van der Waals surface area (Å²) in [6.07, 6.45) is 1.66. The van der Waals surface area contributed by atoms with Crippen molar-refractivity contribution in [2.75, 3.05) is 0 Å². The summed E-state index contributed by atoms with van der Waals surface area (Å²) in [6, 6.07) is 0. The number of cyclic esters (lactones) is 2. The number of carbonyl (C=O) groups excluding carboxylic acids is 2. The van der Waals surface area contributed by atoms with Gasteiger partial charge in [0.05, 0.1) is 0 Å². The summed E-state index contributed by atoms with van der Waals surface area (Å²) >= 11 is 0. The first kappa shape index (κ1) is 20.9. The second-order valence-electron chi connectivity index (χ2n) is 4.71. The largest absolute Gasteiger partial charge is 0.514 e. The fourth-order valence-corrected chi connectivity index (χ4v) is 1.45. The van der Waals surface area contributed by atoms with E-state index < -0.39 is 29.7 Å². The number of allylic oxidation sites excluding steroid dienone is 1. The lowest BCUT2D eigenvalue weighted by Crippen LogP contribution is -2.22. The van der Waals surface area contributed by atoms with Crippen molar-refractivity contribution < 1.29 is 43.6 Å². The molecule has 0 aromatic carbocycles. The number of carboxylic acids is 2. The van der Waals surface area contributed by atoms with Crippen LogP contribution in [0.15, 0.2) is 36.3 Å². The zero-order valence-electron chi connectivity index (χ0n) is 13.4. The number of aliphatic carboxylic acids is 2. The monoisotopic (exact) mass is 342 g/mol. The highest BCUT2D eigenvalue weighted by Gasteiger charge is 2.42. The highest BCUT2D eigenvalue weighted by Crippen LogP contribution is 2.33. The number of carbonyl (C=O) groups is 4. The van der Waals surface area contributed by atoms with Gasteiger partial charge in [0.25, 0.3) is 0 Å². The molecular formula is C15H18O9. The molecule has 1 fully saturated rings. The van der Waals surface area contributed by atoms with Crippen LogP contribution in [0.1, 0.15) is 27.2 Å². The molecule has 0 saturated carbocycles. The fourth-order valence-electron chi connectivity index (χ4n) is 1.45. The third-order valence-corrected chi connectivity index (χ3v) is 2.41. The standard InChI is InChI=1S/C12H14O7.C3H4O2/c1-4-7(17-9(15)6-5-8(13)14)10-12(2,3)19-11(16)18-10;1-2-3(4)5/h5-6H,4H2,1-3H3,(H,13,14);2H,1H2,(H,4,5)/b6-5+,10-7?;. The van der Waals surface area contributed by atoms with Crippen LogP contribution in [0.3, 0.4) is 0 Å². The minimum Gasteiger partial charge on any atom is -0.478 e. The van der Waals surface area contributed by atoms with E-state index >= 15 is 0 Å². The topological polar surface area (TPSA) is 136 Å². The Bertz CT molecular complexity index is 596. The van der Waals surface area contributed by atoms with Gasteiger partial charge in [0.2, 0.25) is 0 Å². The summed E-state index contributed by atoms with van der Waals surface area (Å²) in [6.45, 7) is 7.83. The SMILES string of the molecule is C=CC(=O)O.CCC(OC(=O)/C=C/C(=O)O)=C1OC(=O)OC1(C)C. The molecule has 0 atom stereocenters. The molecular weight excluding hydrogens is 324 g/mol. The predicted molar refractivity (Wildman–Crippen MR) is 79.7 cm³/mol. The lowest BCUT2D eigenvalue weighted by Gasteiger charge is -2.16. The van der Waals surface area contributed by atoms with Crippen molar-refractivity contribution in [3.63, 3.8) is 0 Å². The van der Waals surface area contributed by atoms with Gasteiger partial charge in [-0.1, -0.05) is 13.5 Å². The van der Waals surface area contributed by atoms with Gasteiger partial charge in [-0.2, -0.15) is 0 Å². The summed E-state index contributed by atoms with van der Waals surface area (Å²) < 4.78 is 14.7. The quantitative estimate of drug-likeness (QED) is 0.436. The van der Waals surface area contributed by atoms with E-state index in [1.54, 1.807) is 20.8 Å². The van der Waals surface area contributed by atoms with Gasteiger partial charge in [0.1, 0.15) is 0 Å². The van der Waals surface area contributed by atoms with Crippen LogP contribution < -0.4 is 0 Å². The number of rotatable bonds is 5.